The van der Waals surface area contributed by atoms with E-state index in [9.17, 15) is 9.59 Å². The average molecular weight is 354 g/mol. The Balaban J connectivity index is 1.85. The standard InChI is InChI=1S/C21H26N2O3/c1-5-26-18-12-6-15(7-13-18)20(25)22-14-19(24)23-17-10-8-16(9-11-17)21(2,3)4/h6-13H,5,14H2,1-4H3,(H,22,25)(H,23,24). The number of hydrogen-bond acceptors (Lipinski definition) is 3. The molecule has 0 heterocycles. The van der Waals surface area contributed by atoms with Gasteiger partial charge >= 0.3 is 0 Å². The lowest BCUT2D eigenvalue weighted by Crippen LogP contribution is -2.32. The summed E-state index contributed by atoms with van der Waals surface area (Å²) < 4.78 is 5.34. The first-order valence-electron chi connectivity index (χ1n) is 8.71. The summed E-state index contributed by atoms with van der Waals surface area (Å²) in [4.78, 5) is 24.1. The molecule has 0 atom stereocenters. The van der Waals surface area contributed by atoms with E-state index < -0.39 is 0 Å². The van der Waals surface area contributed by atoms with Gasteiger partial charge in [0.1, 0.15) is 5.75 Å². The molecule has 0 spiro atoms. The fraction of sp³-hybridized carbons (Fsp3) is 0.333. The fourth-order valence-corrected chi connectivity index (χ4v) is 2.39. The molecule has 0 radical (unpaired) electrons. The SMILES string of the molecule is CCOc1ccc(C(=O)NCC(=O)Nc2ccc(C(C)(C)C)cc2)cc1. The van der Waals surface area contributed by atoms with Crippen LogP contribution in [0.15, 0.2) is 48.5 Å². The minimum atomic E-state index is -0.300. The van der Waals surface area contributed by atoms with Gasteiger partial charge in [0.05, 0.1) is 13.2 Å². The Morgan fingerprint density at radius 2 is 1.58 bits per heavy atom. The van der Waals surface area contributed by atoms with Gasteiger partial charge in [-0.1, -0.05) is 32.9 Å². The van der Waals surface area contributed by atoms with Crippen LogP contribution in [-0.4, -0.2) is 25.0 Å². The van der Waals surface area contributed by atoms with Gasteiger partial charge in [0.25, 0.3) is 5.91 Å². The number of anilines is 1. The summed E-state index contributed by atoms with van der Waals surface area (Å²) in [5.74, 6) is 0.138. The van der Waals surface area contributed by atoms with Crippen LogP contribution in [0.1, 0.15) is 43.6 Å². The second-order valence-electron chi connectivity index (χ2n) is 7.02. The Labute approximate surface area is 154 Å². The van der Waals surface area contributed by atoms with Crippen molar-refractivity contribution in [2.24, 2.45) is 0 Å². The zero-order valence-electron chi connectivity index (χ0n) is 15.8. The van der Waals surface area contributed by atoms with E-state index in [0.29, 0.717) is 23.6 Å². The van der Waals surface area contributed by atoms with E-state index in [-0.39, 0.29) is 23.8 Å². The molecule has 138 valence electrons. The first-order chi connectivity index (χ1) is 12.3. The van der Waals surface area contributed by atoms with Crippen molar-refractivity contribution in [3.63, 3.8) is 0 Å². The summed E-state index contributed by atoms with van der Waals surface area (Å²) in [6.07, 6.45) is 0. The predicted molar refractivity (Wildman–Crippen MR) is 104 cm³/mol. The number of benzene rings is 2. The predicted octanol–water partition coefficient (Wildman–Crippen LogP) is 3.75. The molecular formula is C21H26N2O3. The summed E-state index contributed by atoms with van der Waals surface area (Å²) in [5, 5.41) is 5.39. The molecule has 2 rings (SSSR count). The zero-order valence-corrected chi connectivity index (χ0v) is 15.8. The van der Waals surface area contributed by atoms with Crippen LogP contribution < -0.4 is 15.4 Å². The summed E-state index contributed by atoms with van der Waals surface area (Å²) in [7, 11) is 0. The van der Waals surface area contributed by atoms with E-state index in [2.05, 4.69) is 31.4 Å². The molecular weight excluding hydrogens is 328 g/mol. The van der Waals surface area contributed by atoms with E-state index >= 15 is 0 Å². The van der Waals surface area contributed by atoms with Crippen molar-refractivity contribution in [2.45, 2.75) is 33.1 Å². The zero-order chi connectivity index (χ0) is 19.2. The van der Waals surface area contributed by atoms with Crippen molar-refractivity contribution in [3.8, 4) is 5.75 Å². The number of hydrogen-bond donors (Lipinski definition) is 2. The van der Waals surface area contributed by atoms with Crippen molar-refractivity contribution in [2.75, 3.05) is 18.5 Å². The highest BCUT2D eigenvalue weighted by molar-refractivity contribution is 5.99. The summed E-state index contributed by atoms with van der Waals surface area (Å²) in [6, 6.07) is 14.5. The molecule has 5 nitrogen and oxygen atoms in total. The van der Waals surface area contributed by atoms with Crippen LogP contribution in [0.25, 0.3) is 0 Å². The molecule has 0 fully saturated rings. The molecule has 0 saturated heterocycles. The molecule has 0 aliphatic rings. The van der Waals surface area contributed by atoms with Crippen LogP contribution in [0, 0.1) is 0 Å². The molecule has 0 bridgehead atoms. The second-order valence-corrected chi connectivity index (χ2v) is 7.02. The van der Waals surface area contributed by atoms with E-state index in [0.717, 1.165) is 0 Å². The van der Waals surface area contributed by atoms with Gasteiger partial charge in [0.2, 0.25) is 5.91 Å². The van der Waals surface area contributed by atoms with Gasteiger partial charge in [-0.3, -0.25) is 9.59 Å². The largest absolute Gasteiger partial charge is 0.494 e. The van der Waals surface area contributed by atoms with Gasteiger partial charge in [-0.05, 0) is 54.3 Å². The van der Waals surface area contributed by atoms with Crippen LogP contribution in [-0.2, 0) is 10.2 Å². The number of rotatable bonds is 6. The van der Waals surface area contributed by atoms with Gasteiger partial charge in [-0.25, -0.2) is 0 Å². The van der Waals surface area contributed by atoms with Crippen molar-refractivity contribution in [1.82, 2.24) is 5.32 Å². The van der Waals surface area contributed by atoms with Gasteiger partial charge in [0.15, 0.2) is 0 Å². The molecule has 0 aliphatic carbocycles. The lowest BCUT2D eigenvalue weighted by atomic mass is 9.87. The highest BCUT2D eigenvalue weighted by Crippen LogP contribution is 2.23. The van der Waals surface area contributed by atoms with Crippen molar-refractivity contribution < 1.29 is 14.3 Å². The molecule has 2 amide bonds. The number of amides is 2. The molecule has 0 aliphatic heterocycles. The van der Waals surface area contributed by atoms with E-state index in [1.165, 1.54) is 5.56 Å². The summed E-state index contributed by atoms with van der Waals surface area (Å²) in [6.45, 7) is 8.79. The first-order valence-corrected chi connectivity index (χ1v) is 8.71. The third-order valence-electron chi connectivity index (χ3n) is 3.87. The van der Waals surface area contributed by atoms with Crippen molar-refractivity contribution in [3.05, 3.63) is 59.7 Å². The third kappa shape index (κ3) is 5.62. The van der Waals surface area contributed by atoms with Crippen molar-refractivity contribution >= 4 is 17.5 Å². The minimum Gasteiger partial charge on any atom is -0.494 e. The maximum atomic E-state index is 12.1. The van der Waals surface area contributed by atoms with Gasteiger partial charge in [-0.15, -0.1) is 0 Å². The average Bonchev–Trinajstić information content (AvgIpc) is 2.60. The summed E-state index contributed by atoms with van der Waals surface area (Å²) >= 11 is 0. The van der Waals surface area contributed by atoms with Crippen LogP contribution in [0.4, 0.5) is 5.69 Å². The monoisotopic (exact) mass is 354 g/mol. The van der Waals surface area contributed by atoms with Gasteiger partial charge < -0.3 is 15.4 Å². The van der Waals surface area contributed by atoms with E-state index in [1.54, 1.807) is 24.3 Å². The Kier molecular flexibility index (Phi) is 6.39. The molecule has 2 aromatic rings. The molecule has 2 N–H and O–H groups in total. The molecule has 26 heavy (non-hydrogen) atoms. The number of carbonyl (C=O) groups is 2. The molecule has 0 unspecified atom stereocenters. The fourth-order valence-electron chi connectivity index (χ4n) is 2.39. The second kappa shape index (κ2) is 8.52. The highest BCUT2D eigenvalue weighted by atomic mass is 16.5. The van der Waals surface area contributed by atoms with Crippen LogP contribution >= 0.6 is 0 Å². The smallest absolute Gasteiger partial charge is 0.251 e. The highest BCUT2D eigenvalue weighted by Gasteiger charge is 2.13. The van der Waals surface area contributed by atoms with Crippen LogP contribution in [0.2, 0.25) is 0 Å². The number of carbonyl (C=O) groups excluding carboxylic acids is 2. The van der Waals surface area contributed by atoms with Gasteiger partial charge in [0, 0.05) is 11.3 Å². The molecule has 5 heteroatoms. The minimum absolute atomic E-state index is 0.0637. The quantitative estimate of drug-likeness (QED) is 0.830. The number of nitrogens with one attached hydrogen (secondary N) is 2. The maximum Gasteiger partial charge on any atom is 0.251 e. The van der Waals surface area contributed by atoms with Crippen LogP contribution in [0.5, 0.6) is 5.75 Å². The van der Waals surface area contributed by atoms with E-state index in [1.807, 2.05) is 31.2 Å². The van der Waals surface area contributed by atoms with Crippen molar-refractivity contribution in [1.29, 1.82) is 0 Å². The lowest BCUT2D eigenvalue weighted by molar-refractivity contribution is -0.115. The summed E-state index contributed by atoms with van der Waals surface area (Å²) in [5.41, 5.74) is 2.45. The Bertz CT molecular complexity index is 744. The van der Waals surface area contributed by atoms with E-state index in [4.69, 9.17) is 4.74 Å². The Hall–Kier alpha value is -2.82. The third-order valence-corrected chi connectivity index (χ3v) is 3.87. The topological polar surface area (TPSA) is 67.4 Å². The van der Waals surface area contributed by atoms with Crippen LogP contribution in [0.3, 0.4) is 0 Å². The first kappa shape index (κ1) is 19.5. The van der Waals surface area contributed by atoms with Gasteiger partial charge in [-0.2, -0.15) is 0 Å². The Morgan fingerprint density at radius 1 is 0.962 bits per heavy atom. The lowest BCUT2D eigenvalue weighted by Gasteiger charge is -2.19. The maximum absolute atomic E-state index is 12.1. The normalized spacial score (nSPS) is 10.9. The molecule has 0 saturated carbocycles. The molecule has 2 aromatic carbocycles. The number of ether oxygens (including phenoxy) is 1. The molecule has 0 aromatic heterocycles. The Morgan fingerprint density at radius 3 is 2.12 bits per heavy atom.